The third kappa shape index (κ3) is 16.3. The Bertz CT molecular complexity index is 1750. The maximum absolute atomic E-state index is 12.9. The molecule has 6 unspecified atom stereocenters. The van der Waals surface area contributed by atoms with Crippen LogP contribution in [0, 0.1) is 0 Å². The number of unbranched alkanes of at least 4 members (excludes halogenated alkanes) is 1. The molecule has 0 radical (unpaired) electrons. The minimum Gasteiger partial charge on any atom is -0.426 e. The number of nitrogens with one attached hydrogen (secondary N) is 7. The summed E-state index contributed by atoms with van der Waals surface area (Å²) >= 11 is 0. The Morgan fingerprint density at radius 1 is 0.724 bits per heavy atom. The Hall–Kier alpha value is -5.94. The van der Waals surface area contributed by atoms with Gasteiger partial charge in [-0.25, -0.2) is 0 Å². The van der Waals surface area contributed by atoms with E-state index in [9.17, 15) is 48.6 Å². The number of hydrogen-bond donors (Lipinski definition) is 13. The molecule has 0 saturated heterocycles. The Morgan fingerprint density at radius 2 is 1.33 bits per heavy atom. The van der Waals surface area contributed by atoms with E-state index in [1.165, 1.54) is 12.5 Å². The van der Waals surface area contributed by atoms with Crippen molar-refractivity contribution in [3.8, 4) is 11.1 Å². The highest BCUT2D eigenvalue weighted by Crippen LogP contribution is 2.21. The molecule has 0 spiro atoms. The van der Waals surface area contributed by atoms with Crippen LogP contribution in [0.2, 0.25) is 0 Å². The van der Waals surface area contributed by atoms with Gasteiger partial charge in [0, 0.05) is 5.56 Å². The Balaban J connectivity index is 1.89. The number of aliphatic hydroxyl groups is 2. The van der Waals surface area contributed by atoms with Crippen LogP contribution in [0.15, 0.2) is 48.5 Å². The van der Waals surface area contributed by atoms with Gasteiger partial charge in [0.2, 0.25) is 35.4 Å². The van der Waals surface area contributed by atoms with Crippen molar-refractivity contribution in [3.05, 3.63) is 59.7 Å². The highest BCUT2D eigenvalue weighted by Gasteiger charge is 2.31. The largest absolute Gasteiger partial charge is 0.472 e. The number of primary amides is 1. The van der Waals surface area contributed by atoms with E-state index in [2.05, 4.69) is 45.6 Å². The Kier molecular flexibility index (Phi) is 19.9. The molecule has 0 aliphatic heterocycles. The SMILES string of the molecule is CCCCc1ccc(-c2ccc(C(=O)NC(CO)C(=O)NC(C)C(=O)NCC(=O)NC(C(=O)NC(N)C(=O)NC(CC(N)=O)C(=O)NCB(O)O)C(C)O)cc2)cc1. The lowest BCUT2D eigenvalue weighted by Gasteiger charge is -2.24. The molecule has 15 N–H and O–H groups in total. The molecule has 2 rings (SSSR count). The van der Waals surface area contributed by atoms with E-state index in [1.54, 1.807) is 24.3 Å². The first-order valence-electron chi connectivity index (χ1n) is 18.3. The number of aliphatic hydroxyl groups excluding tert-OH is 2. The van der Waals surface area contributed by atoms with Crippen molar-refractivity contribution < 1.29 is 58.6 Å². The summed E-state index contributed by atoms with van der Waals surface area (Å²) in [5.74, 6) is -7.84. The number of nitrogens with two attached hydrogens (primary N) is 2. The molecule has 0 bridgehead atoms. The zero-order chi connectivity index (χ0) is 43.5. The predicted octanol–water partition coefficient (Wildman–Crippen LogP) is -4.84. The third-order valence-corrected chi connectivity index (χ3v) is 8.39. The van der Waals surface area contributed by atoms with Crippen molar-refractivity contribution in [2.75, 3.05) is 19.6 Å². The molecule has 316 valence electrons. The molecule has 0 aliphatic rings. The summed E-state index contributed by atoms with van der Waals surface area (Å²) < 4.78 is 0. The van der Waals surface area contributed by atoms with Gasteiger partial charge in [-0.2, -0.15) is 0 Å². The molecule has 0 saturated carbocycles. The summed E-state index contributed by atoms with van der Waals surface area (Å²) in [4.78, 5) is 100.0. The zero-order valence-corrected chi connectivity index (χ0v) is 32.3. The molecule has 2 aromatic rings. The van der Waals surface area contributed by atoms with Crippen LogP contribution in [-0.4, -0.2) is 131 Å². The lowest BCUT2D eigenvalue weighted by molar-refractivity contribution is -0.136. The predicted molar refractivity (Wildman–Crippen MR) is 208 cm³/mol. The van der Waals surface area contributed by atoms with E-state index in [4.69, 9.17) is 21.5 Å². The van der Waals surface area contributed by atoms with Crippen molar-refractivity contribution in [2.45, 2.75) is 82.9 Å². The van der Waals surface area contributed by atoms with Crippen molar-refractivity contribution in [3.63, 3.8) is 0 Å². The van der Waals surface area contributed by atoms with Gasteiger partial charge in [-0.15, -0.1) is 0 Å². The summed E-state index contributed by atoms with van der Waals surface area (Å²) in [6.45, 7) is 2.96. The molecule has 8 amide bonds. The number of hydrogen-bond acceptors (Lipinski definition) is 13. The number of rotatable bonds is 23. The minimum atomic E-state index is -1.94. The molecule has 6 atom stereocenters. The first kappa shape index (κ1) is 48.2. The summed E-state index contributed by atoms with van der Waals surface area (Å²) in [6.07, 6.45) is -1.63. The molecular weight excluding hydrogens is 761 g/mol. The Morgan fingerprint density at radius 3 is 1.86 bits per heavy atom. The number of benzene rings is 2. The molecule has 2 aromatic carbocycles. The zero-order valence-electron chi connectivity index (χ0n) is 32.3. The van der Waals surface area contributed by atoms with Gasteiger partial charge >= 0.3 is 7.12 Å². The molecule has 22 heteroatoms. The first-order chi connectivity index (χ1) is 27.4. The second-order valence-corrected chi connectivity index (χ2v) is 13.3. The fourth-order valence-electron chi connectivity index (χ4n) is 5.12. The minimum absolute atomic E-state index is 0.219. The second kappa shape index (κ2) is 24.0. The van der Waals surface area contributed by atoms with Crippen molar-refractivity contribution >= 4 is 54.4 Å². The topological polar surface area (TPSA) is 354 Å². The van der Waals surface area contributed by atoms with Crippen LogP contribution in [0.5, 0.6) is 0 Å². The molecule has 21 nitrogen and oxygen atoms in total. The normalized spacial score (nSPS) is 13.9. The van der Waals surface area contributed by atoms with Crippen LogP contribution in [-0.2, 0) is 40.0 Å². The molecule has 0 aliphatic carbocycles. The molecule has 0 heterocycles. The standard InChI is InChI=1S/C36H52BN9O12/c1-4-5-6-21-7-9-22(10-8-21)23-11-13-24(14-12-23)32(52)44-26(17-47)34(54)42-19(2)31(51)40-16-28(50)45-29(20(3)48)35(55)46-30(39)36(56)43-25(15-27(38)49)33(53)41-18-37(57)58/h7-14,19-20,25-26,29-30,47-48,57-58H,4-6,15-18,39H2,1-3H3,(H2,38,49)(H,40,51)(H,41,53)(H,42,54)(H,43,56)(H,44,52)(H,45,50)(H,46,55). The lowest BCUT2D eigenvalue weighted by atomic mass is 9.92. The van der Waals surface area contributed by atoms with E-state index in [1.807, 2.05) is 22.8 Å². The number of aryl methyl sites for hydroxylation is 1. The number of carbonyl (C=O) groups excluding carboxylic acids is 8. The van der Waals surface area contributed by atoms with E-state index >= 15 is 0 Å². The van der Waals surface area contributed by atoms with Gasteiger partial charge in [0.05, 0.1) is 32.1 Å². The van der Waals surface area contributed by atoms with Crippen LogP contribution in [0.25, 0.3) is 11.1 Å². The third-order valence-electron chi connectivity index (χ3n) is 8.39. The highest BCUT2D eigenvalue weighted by atomic mass is 16.4. The fraction of sp³-hybridized carbons (Fsp3) is 0.444. The molecule has 0 fully saturated rings. The number of carbonyl (C=O) groups is 8. The highest BCUT2D eigenvalue weighted by molar-refractivity contribution is 6.41. The van der Waals surface area contributed by atoms with Gasteiger partial charge in [0.15, 0.2) is 6.17 Å². The van der Waals surface area contributed by atoms with Crippen LogP contribution in [0.4, 0.5) is 0 Å². The fourth-order valence-corrected chi connectivity index (χ4v) is 5.12. The summed E-state index contributed by atoms with van der Waals surface area (Å²) in [7, 11) is -1.94. The molecule has 0 aromatic heterocycles. The molecule has 58 heavy (non-hydrogen) atoms. The average Bonchev–Trinajstić information content (AvgIpc) is 3.18. The first-order valence-corrected chi connectivity index (χ1v) is 18.3. The van der Waals surface area contributed by atoms with Crippen LogP contribution in [0.3, 0.4) is 0 Å². The lowest BCUT2D eigenvalue weighted by Crippen LogP contribution is -2.62. The molecular formula is C36H52BN9O12. The summed E-state index contributed by atoms with van der Waals surface area (Å²) in [6, 6.07) is 8.71. The maximum atomic E-state index is 12.9. The van der Waals surface area contributed by atoms with Crippen molar-refractivity contribution in [1.29, 1.82) is 0 Å². The van der Waals surface area contributed by atoms with E-state index < -0.39 is 117 Å². The van der Waals surface area contributed by atoms with Gasteiger partial charge in [-0.1, -0.05) is 49.7 Å². The summed E-state index contributed by atoms with van der Waals surface area (Å²) in [5.41, 5.74) is 14.1. The van der Waals surface area contributed by atoms with Crippen molar-refractivity contribution in [2.24, 2.45) is 11.5 Å². The van der Waals surface area contributed by atoms with Gasteiger partial charge in [0.1, 0.15) is 24.2 Å². The van der Waals surface area contributed by atoms with Crippen LogP contribution in [0.1, 0.15) is 56.0 Å². The summed E-state index contributed by atoms with van der Waals surface area (Å²) in [5, 5.41) is 53.0. The smallest absolute Gasteiger partial charge is 0.426 e. The van der Waals surface area contributed by atoms with E-state index in [0.717, 1.165) is 37.3 Å². The second-order valence-electron chi connectivity index (χ2n) is 13.3. The van der Waals surface area contributed by atoms with E-state index in [-0.39, 0.29) is 5.56 Å². The number of amides is 8. The van der Waals surface area contributed by atoms with Gasteiger partial charge in [-0.05, 0) is 55.5 Å². The monoisotopic (exact) mass is 813 g/mol. The van der Waals surface area contributed by atoms with Gasteiger partial charge < -0.3 is 68.9 Å². The van der Waals surface area contributed by atoms with E-state index in [0.29, 0.717) is 0 Å². The van der Waals surface area contributed by atoms with Gasteiger partial charge in [-0.3, -0.25) is 38.4 Å². The van der Waals surface area contributed by atoms with Crippen LogP contribution < -0.4 is 48.7 Å². The van der Waals surface area contributed by atoms with Crippen LogP contribution >= 0.6 is 0 Å². The van der Waals surface area contributed by atoms with Gasteiger partial charge in [0.25, 0.3) is 11.8 Å². The van der Waals surface area contributed by atoms with Crippen molar-refractivity contribution in [1.82, 2.24) is 37.2 Å². The average molecular weight is 814 g/mol. The quantitative estimate of drug-likeness (QED) is 0.0370. The maximum Gasteiger partial charge on any atom is 0.472 e. The Labute approximate surface area is 334 Å².